The number of hydrogen-bond donors (Lipinski definition) is 1. The molecule has 156 valence electrons. The van der Waals surface area contributed by atoms with Crippen molar-refractivity contribution in [3.63, 3.8) is 0 Å². The molecule has 28 heavy (non-hydrogen) atoms. The number of hydrogen-bond acceptors (Lipinski definition) is 4. The lowest BCUT2D eigenvalue weighted by Gasteiger charge is -2.29. The van der Waals surface area contributed by atoms with Gasteiger partial charge >= 0.3 is 5.97 Å². The van der Waals surface area contributed by atoms with Crippen molar-refractivity contribution in [1.29, 1.82) is 0 Å². The average Bonchev–Trinajstić information content (AvgIpc) is 2.52. The van der Waals surface area contributed by atoms with E-state index < -0.39 is 35.0 Å². The SMILES string of the molecule is CC(C)(C)OC(=O)C(CCNC(=O)/C=C/c1cccc(Cl)c1F)OC(C)(C)C. The summed E-state index contributed by atoms with van der Waals surface area (Å²) in [4.78, 5) is 24.3. The molecule has 0 saturated carbocycles. The minimum absolute atomic E-state index is 0.0120. The fraction of sp³-hybridized carbons (Fsp3) is 0.524. The maximum Gasteiger partial charge on any atom is 0.335 e. The summed E-state index contributed by atoms with van der Waals surface area (Å²) in [5.41, 5.74) is -0.968. The molecule has 0 heterocycles. The molecule has 0 fully saturated rings. The summed E-state index contributed by atoms with van der Waals surface area (Å²) in [7, 11) is 0. The van der Waals surface area contributed by atoms with E-state index in [-0.39, 0.29) is 23.6 Å². The van der Waals surface area contributed by atoms with Crippen LogP contribution in [0.25, 0.3) is 6.08 Å². The zero-order chi connectivity index (χ0) is 21.5. The smallest absolute Gasteiger partial charge is 0.335 e. The minimum Gasteiger partial charge on any atom is -0.458 e. The van der Waals surface area contributed by atoms with Gasteiger partial charge in [-0.1, -0.05) is 23.7 Å². The Hall–Kier alpha value is -1.92. The third-order valence-corrected chi connectivity index (χ3v) is 3.56. The first-order valence-electron chi connectivity index (χ1n) is 9.09. The lowest BCUT2D eigenvalue weighted by atomic mass is 10.1. The molecular weight excluding hydrogens is 385 g/mol. The lowest BCUT2D eigenvalue weighted by molar-refractivity contribution is -0.177. The van der Waals surface area contributed by atoms with Crippen molar-refractivity contribution in [2.45, 2.75) is 65.3 Å². The molecule has 1 unspecified atom stereocenters. The monoisotopic (exact) mass is 413 g/mol. The molecule has 0 saturated heterocycles. The van der Waals surface area contributed by atoms with Crippen LogP contribution in [0, 0.1) is 5.82 Å². The molecule has 1 N–H and O–H groups in total. The van der Waals surface area contributed by atoms with Crippen LogP contribution in [0.4, 0.5) is 4.39 Å². The van der Waals surface area contributed by atoms with Gasteiger partial charge in [-0.2, -0.15) is 0 Å². The van der Waals surface area contributed by atoms with E-state index in [1.54, 1.807) is 26.8 Å². The van der Waals surface area contributed by atoms with Crippen LogP contribution in [0.5, 0.6) is 0 Å². The number of nitrogens with one attached hydrogen (secondary N) is 1. The molecule has 0 radical (unpaired) electrons. The van der Waals surface area contributed by atoms with Crippen LogP contribution < -0.4 is 5.32 Å². The van der Waals surface area contributed by atoms with E-state index in [1.165, 1.54) is 24.3 Å². The third kappa shape index (κ3) is 9.33. The maximum absolute atomic E-state index is 13.8. The normalized spacial score (nSPS) is 13.4. The fourth-order valence-corrected chi connectivity index (χ4v) is 2.40. The number of benzene rings is 1. The van der Waals surface area contributed by atoms with Gasteiger partial charge in [-0.3, -0.25) is 4.79 Å². The molecule has 5 nitrogen and oxygen atoms in total. The van der Waals surface area contributed by atoms with Crippen LogP contribution >= 0.6 is 11.6 Å². The Morgan fingerprint density at radius 3 is 2.39 bits per heavy atom. The molecule has 1 atom stereocenters. The van der Waals surface area contributed by atoms with Gasteiger partial charge in [0.05, 0.1) is 10.6 Å². The first kappa shape index (κ1) is 24.1. The van der Waals surface area contributed by atoms with Crippen LogP contribution in [0.1, 0.15) is 53.5 Å². The largest absolute Gasteiger partial charge is 0.458 e. The fourth-order valence-electron chi connectivity index (χ4n) is 2.22. The predicted molar refractivity (Wildman–Crippen MR) is 109 cm³/mol. The van der Waals surface area contributed by atoms with Crippen molar-refractivity contribution in [1.82, 2.24) is 5.32 Å². The standard InChI is InChI=1S/C21H29ClFNO4/c1-20(2,3)27-16(19(26)28-21(4,5)6)12-13-24-17(25)11-10-14-8-7-9-15(22)18(14)23/h7-11,16H,12-13H2,1-6H3,(H,24,25)/b11-10+. The Balaban J connectivity index is 2.64. The van der Waals surface area contributed by atoms with Gasteiger partial charge in [0.25, 0.3) is 0 Å². The molecular formula is C21H29ClFNO4. The highest BCUT2D eigenvalue weighted by Gasteiger charge is 2.29. The topological polar surface area (TPSA) is 64.6 Å². The van der Waals surface area contributed by atoms with Crippen LogP contribution in [0.2, 0.25) is 5.02 Å². The van der Waals surface area contributed by atoms with Crippen molar-refractivity contribution >= 4 is 29.6 Å². The Kier molecular flexibility index (Phi) is 8.64. The van der Waals surface area contributed by atoms with Crippen LogP contribution in [-0.4, -0.2) is 35.7 Å². The van der Waals surface area contributed by atoms with E-state index in [4.69, 9.17) is 21.1 Å². The molecule has 1 aromatic rings. The predicted octanol–water partition coefficient (Wildman–Crippen LogP) is 4.52. The quantitative estimate of drug-likeness (QED) is 0.527. The third-order valence-electron chi connectivity index (χ3n) is 3.27. The maximum atomic E-state index is 13.8. The first-order valence-corrected chi connectivity index (χ1v) is 9.47. The van der Waals surface area contributed by atoms with Crippen LogP contribution in [-0.2, 0) is 19.1 Å². The van der Waals surface area contributed by atoms with Gasteiger partial charge in [0, 0.05) is 24.6 Å². The highest BCUT2D eigenvalue weighted by atomic mass is 35.5. The Bertz CT molecular complexity index is 720. The van der Waals surface area contributed by atoms with Gasteiger partial charge in [0.1, 0.15) is 11.4 Å². The molecule has 1 rings (SSSR count). The highest BCUT2D eigenvalue weighted by molar-refractivity contribution is 6.30. The van der Waals surface area contributed by atoms with Gasteiger partial charge in [-0.15, -0.1) is 0 Å². The van der Waals surface area contributed by atoms with E-state index in [9.17, 15) is 14.0 Å². The second-order valence-electron chi connectivity index (χ2n) is 8.31. The first-order chi connectivity index (χ1) is 12.8. The van der Waals surface area contributed by atoms with Crippen LogP contribution in [0.3, 0.4) is 0 Å². The Morgan fingerprint density at radius 2 is 1.82 bits per heavy atom. The van der Waals surface area contributed by atoms with E-state index in [1.807, 2.05) is 20.8 Å². The van der Waals surface area contributed by atoms with Crippen molar-refractivity contribution in [3.8, 4) is 0 Å². The summed E-state index contributed by atoms with van der Waals surface area (Å²) in [6.45, 7) is 11.0. The van der Waals surface area contributed by atoms with Crippen LogP contribution in [0.15, 0.2) is 24.3 Å². The lowest BCUT2D eigenvalue weighted by Crippen LogP contribution is -2.40. The molecule has 0 bridgehead atoms. The Labute approximate surface area is 171 Å². The van der Waals surface area contributed by atoms with E-state index in [0.29, 0.717) is 0 Å². The van der Waals surface area contributed by atoms with Gasteiger partial charge < -0.3 is 14.8 Å². The number of halogens is 2. The molecule has 1 amide bonds. The average molecular weight is 414 g/mol. The molecule has 0 aliphatic heterocycles. The van der Waals surface area contributed by atoms with Gasteiger partial charge in [-0.05, 0) is 53.7 Å². The molecule has 0 aliphatic carbocycles. The summed E-state index contributed by atoms with van der Waals surface area (Å²) < 4.78 is 25.0. The molecule has 7 heteroatoms. The summed E-state index contributed by atoms with van der Waals surface area (Å²) in [5.74, 6) is -1.48. The van der Waals surface area contributed by atoms with Gasteiger partial charge in [0.15, 0.2) is 6.10 Å². The number of carbonyl (C=O) groups excluding carboxylic acids is 2. The van der Waals surface area contributed by atoms with Crippen molar-refractivity contribution in [2.75, 3.05) is 6.54 Å². The summed E-state index contributed by atoms with van der Waals surface area (Å²) in [6.07, 6.45) is 1.99. The second kappa shape index (κ2) is 10.0. The van der Waals surface area contributed by atoms with Crippen molar-refractivity contribution in [3.05, 3.63) is 40.7 Å². The summed E-state index contributed by atoms with van der Waals surface area (Å²) >= 11 is 5.71. The van der Waals surface area contributed by atoms with E-state index in [2.05, 4.69) is 5.32 Å². The molecule has 0 aliphatic rings. The van der Waals surface area contributed by atoms with E-state index >= 15 is 0 Å². The molecule has 1 aromatic carbocycles. The number of esters is 1. The zero-order valence-electron chi connectivity index (χ0n) is 17.3. The zero-order valence-corrected chi connectivity index (χ0v) is 18.0. The van der Waals surface area contributed by atoms with Crippen molar-refractivity contribution < 1.29 is 23.5 Å². The van der Waals surface area contributed by atoms with Crippen molar-refractivity contribution in [2.24, 2.45) is 0 Å². The molecule has 0 aromatic heterocycles. The summed E-state index contributed by atoms with van der Waals surface area (Å²) in [5, 5.41) is 2.64. The van der Waals surface area contributed by atoms with Gasteiger partial charge in [-0.25, -0.2) is 9.18 Å². The number of ether oxygens (including phenoxy) is 2. The number of rotatable bonds is 7. The number of carbonyl (C=O) groups is 2. The number of amides is 1. The molecule has 0 spiro atoms. The van der Waals surface area contributed by atoms with Gasteiger partial charge in [0.2, 0.25) is 5.91 Å². The summed E-state index contributed by atoms with van der Waals surface area (Å²) in [6, 6.07) is 4.54. The Morgan fingerprint density at radius 1 is 1.18 bits per heavy atom. The minimum atomic E-state index is -0.811. The second-order valence-corrected chi connectivity index (χ2v) is 8.72. The van der Waals surface area contributed by atoms with E-state index in [0.717, 1.165) is 0 Å². The highest BCUT2D eigenvalue weighted by Crippen LogP contribution is 2.19.